The van der Waals surface area contributed by atoms with E-state index in [1.54, 1.807) is 23.7 Å². The van der Waals surface area contributed by atoms with Crippen LogP contribution < -0.4 is 4.90 Å². The first-order valence-electron chi connectivity index (χ1n) is 2.86. The van der Waals surface area contributed by atoms with E-state index in [9.17, 15) is 0 Å². The Kier molecular flexibility index (Phi) is 3.10. The van der Waals surface area contributed by atoms with E-state index in [0.29, 0.717) is 3.95 Å². The predicted octanol–water partition coefficient (Wildman–Crippen LogP) is 2.03. The molecular formula is C5H7N3S3. The highest BCUT2D eigenvalue weighted by Gasteiger charge is 2.00. The van der Waals surface area contributed by atoms with Gasteiger partial charge >= 0.3 is 0 Å². The summed E-state index contributed by atoms with van der Waals surface area (Å²) in [5, 5.41) is 0.894. The predicted molar refractivity (Wildman–Crippen MR) is 53.6 cm³/mol. The molecule has 0 aliphatic heterocycles. The number of aliphatic imine (C=N–C) groups is 1. The first kappa shape index (κ1) is 8.76. The van der Waals surface area contributed by atoms with Gasteiger partial charge in [0.25, 0.3) is 0 Å². The van der Waals surface area contributed by atoms with E-state index < -0.39 is 0 Å². The highest BCUT2D eigenvalue weighted by Crippen LogP contribution is 2.21. The van der Waals surface area contributed by atoms with Crippen molar-refractivity contribution in [1.82, 2.24) is 4.98 Å². The van der Waals surface area contributed by atoms with E-state index in [4.69, 9.17) is 12.2 Å². The Labute approximate surface area is 77.4 Å². The van der Waals surface area contributed by atoms with Crippen LogP contribution in [-0.2, 0) is 0 Å². The molecule has 0 atom stereocenters. The van der Waals surface area contributed by atoms with Crippen LogP contribution in [-0.4, -0.2) is 25.4 Å². The largest absolute Gasteiger partial charge is 0.311 e. The van der Waals surface area contributed by atoms with Crippen LogP contribution in [0.4, 0.5) is 5.13 Å². The van der Waals surface area contributed by atoms with Gasteiger partial charge in [-0.3, -0.25) is 4.99 Å². The van der Waals surface area contributed by atoms with E-state index in [2.05, 4.69) is 9.98 Å². The quantitative estimate of drug-likeness (QED) is 0.320. The van der Waals surface area contributed by atoms with Gasteiger partial charge in [0.2, 0.25) is 5.13 Å². The molecule has 60 valence electrons. The molecule has 0 unspecified atom stereocenters. The third kappa shape index (κ3) is 2.32. The topological polar surface area (TPSA) is 28.5 Å². The zero-order chi connectivity index (χ0) is 8.27. The Bertz CT molecular complexity index is 300. The van der Waals surface area contributed by atoms with Gasteiger partial charge in [0.1, 0.15) is 0 Å². The van der Waals surface area contributed by atoms with Crippen molar-refractivity contribution in [2.75, 3.05) is 19.0 Å². The van der Waals surface area contributed by atoms with Crippen LogP contribution in [0.15, 0.2) is 4.99 Å². The van der Waals surface area contributed by atoms with E-state index in [0.717, 1.165) is 5.13 Å². The fraction of sp³-hybridized carbons (Fsp3) is 0.400. The Hall–Kier alpha value is -0.330. The van der Waals surface area contributed by atoms with Crippen molar-refractivity contribution in [3.63, 3.8) is 0 Å². The summed E-state index contributed by atoms with van der Waals surface area (Å²) in [7, 11) is 6.68. The SMILES string of the molecule is CN=CN(C)c1nc(=S)ss1. The second kappa shape index (κ2) is 3.89. The molecule has 6 heteroatoms. The zero-order valence-corrected chi connectivity index (χ0v) is 8.59. The average molecular weight is 205 g/mol. The van der Waals surface area contributed by atoms with Gasteiger partial charge in [-0.25, -0.2) is 0 Å². The molecule has 1 aromatic rings. The second-order valence-corrected chi connectivity index (χ2v) is 4.54. The molecule has 3 nitrogen and oxygen atoms in total. The summed E-state index contributed by atoms with van der Waals surface area (Å²) in [6.45, 7) is 0. The minimum Gasteiger partial charge on any atom is -0.311 e. The Balaban J connectivity index is 2.84. The summed E-state index contributed by atoms with van der Waals surface area (Å²) in [4.78, 5) is 9.82. The minimum absolute atomic E-state index is 0.682. The van der Waals surface area contributed by atoms with Gasteiger partial charge in [-0.2, -0.15) is 4.98 Å². The number of aromatic nitrogens is 1. The number of hydrogen-bond acceptors (Lipinski definition) is 5. The van der Waals surface area contributed by atoms with Crippen molar-refractivity contribution in [3.05, 3.63) is 3.95 Å². The third-order valence-corrected chi connectivity index (χ3v) is 3.64. The van der Waals surface area contributed by atoms with Crippen LogP contribution in [0.2, 0.25) is 0 Å². The van der Waals surface area contributed by atoms with Crippen LogP contribution in [0.5, 0.6) is 0 Å². The van der Waals surface area contributed by atoms with Gasteiger partial charge in [0, 0.05) is 14.1 Å². The van der Waals surface area contributed by atoms with Crippen LogP contribution >= 0.6 is 32.9 Å². The summed E-state index contributed by atoms with van der Waals surface area (Å²) >= 11 is 4.88. The average Bonchev–Trinajstić information content (AvgIpc) is 2.36. The molecule has 0 fully saturated rings. The summed E-state index contributed by atoms with van der Waals surface area (Å²) < 4.78 is 0.682. The van der Waals surface area contributed by atoms with Crippen molar-refractivity contribution in [3.8, 4) is 0 Å². The standard InChI is InChI=1S/C5H7N3S3/c1-6-3-8(2)4-7-5(9)11-10-4/h3H,1-2H3. The van der Waals surface area contributed by atoms with E-state index in [1.165, 1.54) is 10.3 Å². The molecule has 0 aliphatic carbocycles. The first-order valence-corrected chi connectivity index (χ1v) is 5.42. The smallest absolute Gasteiger partial charge is 0.202 e. The van der Waals surface area contributed by atoms with Gasteiger partial charge in [0.15, 0.2) is 3.95 Å². The number of nitrogens with zero attached hydrogens (tertiary/aromatic N) is 3. The lowest BCUT2D eigenvalue weighted by atomic mass is 10.9. The first-order chi connectivity index (χ1) is 5.24. The maximum absolute atomic E-state index is 4.88. The van der Waals surface area contributed by atoms with Crippen molar-refractivity contribution >= 4 is 44.4 Å². The van der Waals surface area contributed by atoms with Crippen LogP contribution in [0.25, 0.3) is 0 Å². The van der Waals surface area contributed by atoms with Gasteiger partial charge in [0.05, 0.1) is 6.34 Å². The molecule has 0 radical (unpaired) electrons. The lowest BCUT2D eigenvalue weighted by Crippen LogP contribution is -2.13. The second-order valence-electron chi connectivity index (χ2n) is 1.81. The molecule has 11 heavy (non-hydrogen) atoms. The van der Waals surface area contributed by atoms with E-state index in [-0.39, 0.29) is 0 Å². The molecule has 0 aliphatic rings. The molecule has 1 aromatic heterocycles. The normalized spacial score (nSPS) is 10.7. The molecule has 1 rings (SSSR count). The number of hydrogen-bond donors (Lipinski definition) is 0. The van der Waals surface area contributed by atoms with Gasteiger partial charge in [-0.15, -0.1) is 0 Å². The van der Waals surface area contributed by atoms with Crippen LogP contribution in [0.1, 0.15) is 0 Å². The van der Waals surface area contributed by atoms with Crippen molar-refractivity contribution < 1.29 is 0 Å². The maximum Gasteiger partial charge on any atom is 0.202 e. The summed E-state index contributed by atoms with van der Waals surface area (Å²) in [6.07, 6.45) is 1.71. The lowest BCUT2D eigenvalue weighted by molar-refractivity contribution is 1.22. The highest BCUT2D eigenvalue weighted by atomic mass is 32.9. The maximum atomic E-state index is 4.88. The summed E-state index contributed by atoms with van der Waals surface area (Å²) in [6, 6.07) is 0. The van der Waals surface area contributed by atoms with Crippen LogP contribution in [0, 0.1) is 3.95 Å². The number of anilines is 1. The zero-order valence-electron chi connectivity index (χ0n) is 6.14. The third-order valence-electron chi connectivity index (χ3n) is 0.965. The molecule has 0 amide bonds. The minimum atomic E-state index is 0.682. The van der Waals surface area contributed by atoms with Gasteiger partial charge < -0.3 is 4.90 Å². The lowest BCUT2D eigenvalue weighted by Gasteiger charge is -2.05. The van der Waals surface area contributed by atoms with E-state index >= 15 is 0 Å². The molecule has 1 heterocycles. The summed E-state index contributed by atoms with van der Waals surface area (Å²) in [5.74, 6) is 0. The Morgan fingerprint density at radius 1 is 1.64 bits per heavy atom. The molecule has 0 saturated carbocycles. The fourth-order valence-corrected chi connectivity index (χ4v) is 2.63. The highest BCUT2D eigenvalue weighted by molar-refractivity contribution is 7.79. The molecule has 0 N–H and O–H groups in total. The molecule has 0 spiro atoms. The molecular weight excluding hydrogens is 198 g/mol. The van der Waals surface area contributed by atoms with Crippen molar-refractivity contribution in [2.45, 2.75) is 0 Å². The monoisotopic (exact) mass is 205 g/mol. The molecule has 0 aromatic carbocycles. The number of rotatable bonds is 2. The molecule has 0 saturated heterocycles. The van der Waals surface area contributed by atoms with Crippen molar-refractivity contribution in [1.29, 1.82) is 0 Å². The van der Waals surface area contributed by atoms with Crippen molar-refractivity contribution in [2.24, 2.45) is 4.99 Å². The van der Waals surface area contributed by atoms with Gasteiger partial charge in [-0.05, 0) is 32.9 Å². The fourth-order valence-electron chi connectivity index (χ4n) is 0.549. The summed E-state index contributed by atoms with van der Waals surface area (Å²) in [5.41, 5.74) is 0. The van der Waals surface area contributed by atoms with E-state index in [1.807, 2.05) is 11.9 Å². The van der Waals surface area contributed by atoms with Crippen LogP contribution in [0.3, 0.4) is 0 Å². The van der Waals surface area contributed by atoms with Gasteiger partial charge in [-0.1, -0.05) is 0 Å². The Morgan fingerprint density at radius 2 is 2.36 bits per heavy atom. The molecule has 0 bridgehead atoms. The Morgan fingerprint density at radius 3 is 2.82 bits per heavy atom.